The Hall–Kier alpha value is -2.21. The van der Waals surface area contributed by atoms with E-state index in [0.29, 0.717) is 11.1 Å². The van der Waals surface area contributed by atoms with Gasteiger partial charge in [0.1, 0.15) is 6.54 Å². The van der Waals surface area contributed by atoms with Crippen molar-refractivity contribution in [2.45, 2.75) is 0 Å². The number of nitrogens with one attached hydrogen (secondary N) is 1. The molecule has 0 fully saturated rings. The third-order valence-corrected chi connectivity index (χ3v) is 2.40. The first-order valence-corrected chi connectivity index (χ1v) is 4.93. The minimum absolute atomic E-state index is 0.234. The summed E-state index contributed by atoms with van der Waals surface area (Å²) in [6.07, 6.45) is 0. The van der Waals surface area contributed by atoms with Gasteiger partial charge in [-0.2, -0.15) is 0 Å². The predicted octanol–water partition coefficient (Wildman–Crippen LogP) is -0.0398. The van der Waals surface area contributed by atoms with Crippen molar-refractivity contribution in [3.05, 3.63) is 35.4 Å². The second-order valence-corrected chi connectivity index (χ2v) is 3.40. The van der Waals surface area contributed by atoms with Crippen LogP contribution in [0.25, 0.3) is 0 Å². The summed E-state index contributed by atoms with van der Waals surface area (Å²) in [5.41, 5.74) is 3.10. The van der Waals surface area contributed by atoms with Crippen LogP contribution in [0, 0.1) is 0 Å². The number of hydrogen-bond acceptors (Lipinski definition) is 5. The molecule has 0 radical (unpaired) electrons. The minimum atomic E-state index is -0.554. The summed E-state index contributed by atoms with van der Waals surface area (Å²) in [7, 11) is 1.23. The van der Waals surface area contributed by atoms with Crippen LogP contribution in [0.4, 0.5) is 0 Å². The summed E-state index contributed by atoms with van der Waals surface area (Å²) in [6, 6.07) is 6.48. The number of hydrazine groups is 1. The number of carbonyl (C=O) groups excluding carboxylic acids is 3. The first-order valence-electron chi connectivity index (χ1n) is 4.93. The number of hydrogen-bond donors (Lipinski definition) is 1. The topological polar surface area (TPSA) is 75.7 Å². The van der Waals surface area contributed by atoms with Gasteiger partial charge in [-0.15, -0.1) is 0 Å². The first kappa shape index (κ1) is 11.3. The average molecular weight is 234 g/mol. The lowest BCUT2D eigenvalue weighted by Crippen LogP contribution is -2.45. The fourth-order valence-electron chi connectivity index (χ4n) is 1.55. The number of benzene rings is 1. The molecule has 0 aromatic heterocycles. The molecule has 0 saturated heterocycles. The Morgan fingerprint density at radius 1 is 1.24 bits per heavy atom. The van der Waals surface area contributed by atoms with Crippen molar-refractivity contribution in [1.82, 2.24) is 10.4 Å². The highest BCUT2D eigenvalue weighted by atomic mass is 16.5. The molecule has 1 heterocycles. The number of carbonyl (C=O) groups is 3. The largest absolute Gasteiger partial charge is 0.468 e. The van der Waals surface area contributed by atoms with Crippen LogP contribution in [0.2, 0.25) is 0 Å². The SMILES string of the molecule is COC(=O)CNN1C(=O)c2ccccc2C1=O. The highest BCUT2D eigenvalue weighted by Crippen LogP contribution is 2.20. The second kappa shape index (κ2) is 4.34. The molecule has 0 atom stereocenters. The number of esters is 1. The molecule has 2 rings (SSSR count). The summed E-state index contributed by atoms with van der Waals surface area (Å²) in [5.74, 6) is -1.48. The van der Waals surface area contributed by atoms with Gasteiger partial charge in [0.05, 0.1) is 18.2 Å². The van der Waals surface area contributed by atoms with Crippen molar-refractivity contribution in [3.63, 3.8) is 0 Å². The molecule has 0 spiro atoms. The molecular weight excluding hydrogens is 224 g/mol. The molecule has 17 heavy (non-hydrogen) atoms. The van der Waals surface area contributed by atoms with Gasteiger partial charge in [0.15, 0.2) is 0 Å². The van der Waals surface area contributed by atoms with E-state index in [2.05, 4.69) is 10.2 Å². The van der Waals surface area contributed by atoms with Gasteiger partial charge in [0, 0.05) is 0 Å². The number of rotatable bonds is 3. The van der Waals surface area contributed by atoms with Gasteiger partial charge in [-0.3, -0.25) is 14.4 Å². The number of amides is 2. The molecule has 88 valence electrons. The summed E-state index contributed by atoms with van der Waals surface area (Å²) < 4.78 is 4.41. The predicted molar refractivity (Wildman–Crippen MR) is 57.0 cm³/mol. The van der Waals surface area contributed by atoms with Crippen LogP contribution in [0.5, 0.6) is 0 Å². The van der Waals surface area contributed by atoms with Crippen molar-refractivity contribution < 1.29 is 19.1 Å². The second-order valence-electron chi connectivity index (χ2n) is 3.40. The van der Waals surface area contributed by atoms with Crippen LogP contribution >= 0.6 is 0 Å². The molecule has 1 aromatic rings. The maximum absolute atomic E-state index is 11.8. The van der Waals surface area contributed by atoms with Crippen LogP contribution in [0.1, 0.15) is 20.7 Å². The maximum Gasteiger partial charge on any atom is 0.321 e. The smallest absolute Gasteiger partial charge is 0.321 e. The van der Waals surface area contributed by atoms with Crippen molar-refractivity contribution in [2.75, 3.05) is 13.7 Å². The lowest BCUT2D eigenvalue weighted by Gasteiger charge is -2.13. The first-order chi connectivity index (χ1) is 8.15. The van der Waals surface area contributed by atoms with Crippen LogP contribution < -0.4 is 5.43 Å². The Labute approximate surface area is 97.1 Å². The third kappa shape index (κ3) is 1.90. The van der Waals surface area contributed by atoms with E-state index >= 15 is 0 Å². The third-order valence-electron chi connectivity index (χ3n) is 2.40. The molecule has 2 amide bonds. The molecule has 0 saturated carbocycles. The van der Waals surface area contributed by atoms with Gasteiger partial charge in [0.25, 0.3) is 11.8 Å². The standard InChI is InChI=1S/C11H10N2O4/c1-17-9(14)6-12-13-10(15)7-4-2-3-5-8(7)11(13)16/h2-5,12H,6H2,1H3. The van der Waals surface area contributed by atoms with E-state index in [1.54, 1.807) is 24.3 Å². The van der Waals surface area contributed by atoms with Crippen LogP contribution in [-0.4, -0.2) is 36.4 Å². The zero-order valence-corrected chi connectivity index (χ0v) is 9.10. The summed E-state index contributed by atoms with van der Waals surface area (Å²) >= 11 is 0. The molecule has 1 aliphatic rings. The maximum atomic E-state index is 11.8. The molecular formula is C11H10N2O4. The Morgan fingerprint density at radius 3 is 2.24 bits per heavy atom. The fraction of sp³-hybridized carbons (Fsp3) is 0.182. The molecule has 1 aromatic carbocycles. The molecule has 0 bridgehead atoms. The average Bonchev–Trinajstić information content (AvgIpc) is 2.60. The lowest BCUT2D eigenvalue weighted by molar-refractivity contribution is -0.140. The molecule has 6 heteroatoms. The molecule has 0 unspecified atom stereocenters. The number of ether oxygens (including phenoxy) is 1. The zero-order chi connectivity index (χ0) is 12.4. The number of imide groups is 1. The zero-order valence-electron chi connectivity index (χ0n) is 9.10. The van der Waals surface area contributed by atoms with Crippen LogP contribution in [0.15, 0.2) is 24.3 Å². The molecule has 1 aliphatic heterocycles. The Bertz CT molecular complexity index is 463. The highest BCUT2D eigenvalue weighted by Gasteiger charge is 2.35. The van der Waals surface area contributed by atoms with Crippen molar-refractivity contribution in [2.24, 2.45) is 0 Å². The van der Waals surface area contributed by atoms with Gasteiger partial charge in [0.2, 0.25) is 0 Å². The summed E-state index contributed by atoms with van der Waals surface area (Å²) in [5, 5.41) is 0.821. The van der Waals surface area contributed by atoms with Gasteiger partial charge < -0.3 is 4.74 Å². The number of fused-ring (bicyclic) bond motifs is 1. The van der Waals surface area contributed by atoms with E-state index in [1.807, 2.05) is 0 Å². The van der Waals surface area contributed by atoms with Gasteiger partial charge >= 0.3 is 5.97 Å². The summed E-state index contributed by atoms with van der Waals surface area (Å²) in [6.45, 7) is -0.234. The van der Waals surface area contributed by atoms with Crippen LogP contribution in [0.3, 0.4) is 0 Å². The molecule has 6 nitrogen and oxygen atoms in total. The van der Waals surface area contributed by atoms with Gasteiger partial charge in [-0.25, -0.2) is 10.4 Å². The Kier molecular flexibility index (Phi) is 2.88. The number of methoxy groups -OCH3 is 1. The van der Waals surface area contributed by atoms with E-state index in [4.69, 9.17) is 0 Å². The van der Waals surface area contributed by atoms with E-state index in [1.165, 1.54) is 7.11 Å². The quantitative estimate of drug-likeness (QED) is 0.586. The van der Waals surface area contributed by atoms with Crippen LogP contribution in [-0.2, 0) is 9.53 Å². The van der Waals surface area contributed by atoms with Gasteiger partial charge in [-0.1, -0.05) is 12.1 Å². The van der Waals surface area contributed by atoms with Crippen molar-refractivity contribution >= 4 is 17.8 Å². The van der Waals surface area contributed by atoms with E-state index in [0.717, 1.165) is 5.01 Å². The number of nitrogens with zero attached hydrogens (tertiary/aromatic N) is 1. The van der Waals surface area contributed by atoms with E-state index < -0.39 is 17.8 Å². The van der Waals surface area contributed by atoms with Crippen molar-refractivity contribution in [3.8, 4) is 0 Å². The Balaban J connectivity index is 2.16. The highest BCUT2D eigenvalue weighted by molar-refractivity contribution is 6.21. The van der Waals surface area contributed by atoms with E-state index in [9.17, 15) is 14.4 Å². The van der Waals surface area contributed by atoms with Gasteiger partial charge in [-0.05, 0) is 12.1 Å². The Morgan fingerprint density at radius 2 is 1.76 bits per heavy atom. The lowest BCUT2D eigenvalue weighted by atomic mass is 10.1. The van der Waals surface area contributed by atoms with E-state index in [-0.39, 0.29) is 6.54 Å². The normalized spacial score (nSPS) is 13.8. The monoisotopic (exact) mass is 234 g/mol. The summed E-state index contributed by atoms with van der Waals surface area (Å²) in [4.78, 5) is 34.5. The van der Waals surface area contributed by atoms with Crippen molar-refractivity contribution in [1.29, 1.82) is 0 Å². The minimum Gasteiger partial charge on any atom is -0.468 e. The fourth-order valence-corrected chi connectivity index (χ4v) is 1.55. The molecule has 0 aliphatic carbocycles. The molecule has 1 N–H and O–H groups in total.